The highest BCUT2D eigenvalue weighted by atomic mass is 16.6. The van der Waals surface area contributed by atoms with E-state index in [4.69, 9.17) is 14.2 Å². The van der Waals surface area contributed by atoms with Crippen molar-refractivity contribution in [3.8, 4) is 17.2 Å². The second-order valence-corrected chi connectivity index (χ2v) is 5.91. The summed E-state index contributed by atoms with van der Waals surface area (Å²) in [4.78, 5) is 24.8. The summed E-state index contributed by atoms with van der Waals surface area (Å²) in [5.41, 5.74) is -0.165. The van der Waals surface area contributed by atoms with Crippen molar-refractivity contribution in [3.05, 3.63) is 28.7 Å². The lowest BCUT2D eigenvalue weighted by Crippen LogP contribution is -2.28. The molecule has 7 heteroatoms. The minimum atomic E-state index is -0.545. The van der Waals surface area contributed by atoms with Gasteiger partial charge in [0.25, 0.3) is 5.56 Å². The van der Waals surface area contributed by atoms with Crippen LogP contribution in [0.4, 0.5) is 4.79 Å². The van der Waals surface area contributed by atoms with Gasteiger partial charge in [-0.1, -0.05) is 20.3 Å². The number of methoxy groups -OCH3 is 2. The summed E-state index contributed by atoms with van der Waals surface area (Å²) >= 11 is 0. The van der Waals surface area contributed by atoms with E-state index in [2.05, 4.69) is 5.32 Å². The van der Waals surface area contributed by atoms with Crippen molar-refractivity contribution < 1.29 is 19.0 Å². The van der Waals surface area contributed by atoms with Crippen molar-refractivity contribution in [2.75, 3.05) is 20.8 Å². The number of rotatable bonds is 8. The molecule has 1 amide bonds. The van der Waals surface area contributed by atoms with Crippen LogP contribution in [0.25, 0.3) is 10.8 Å². The van der Waals surface area contributed by atoms with Crippen LogP contribution in [0.3, 0.4) is 0 Å². The fourth-order valence-electron chi connectivity index (χ4n) is 2.68. The maximum atomic E-state index is 12.7. The van der Waals surface area contributed by atoms with Gasteiger partial charge in [0.05, 0.1) is 25.8 Å². The van der Waals surface area contributed by atoms with E-state index < -0.39 is 6.09 Å². The molecule has 7 nitrogen and oxygen atoms in total. The van der Waals surface area contributed by atoms with E-state index in [0.717, 1.165) is 19.3 Å². The maximum absolute atomic E-state index is 12.7. The minimum Gasteiger partial charge on any atom is -0.493 e. The third-order valence-corrected chi connectivity index (χ3v) is 4.02. The largest absolute Gasteiger partial charge is 0.493 e. The molecule has 0 aliphatic carbocycles. The number of aromatic nitrogens is 1. The SMILES string of the molecule is CCCCNC(=O)Oc1cn(CCC)c(=O)c2cc(OC)c(OC)cc12. The lowest BCUT2D eigenvalue weighted by Gasteiger charge is -2.15. The Kier molecular flexibility index (Phi) is 6.89. The Balaban J connectivity index is 2.53. The number of pyridine rings is 1. The first-order chi connectivity index (χ1) is 12.5. The Morgan fingerprint density at radius 2 is 1.69 bits per heavy atom. The summed E-state index contributed by atoms with van der Waals surface area (Å²) in [6.07, 6.45) is 3.65. The third kappa shape index (κ3) is 4.28. The fraction of sp³-hybridized carbons (Fsp3) is 0.474. The van der Waals surface area contributed by atoms with Crippen molar-refractivity contribution in [2.24, 2.45) is 0 Å². The number of ether oxygens (including phenoxy) is 3. The number of hydrogen-bond acceptors (Lipinski definition) is 5. The van der Waals surface area contributed by atoms with E-state index >= 15 is 0 Å². The average Bonchev–Trinajstić information content (AvgIpc) is 2.64. The Morgan fingerprint density at radius 3 is 2.27 bits per heavy atom. The first kappa shape index (κ1) is 19.6. The second kappa shape index (κ2) is 9.12. The number of carbonyl (C=O) groups is 1. The molecular formula is C19H26N2O5. The number of benzene rings is 1. The summed E-state index contributed by atoms with van der Waals surface area (Å²) in [6, 6.07) is 3.27. The lowest BCUT2D eigenvalue weighted by atomic mass is 10.1. The van der Waals surface area contributed by atoms with Gasteiger partial charge in [0.15, 0.2) is 17.2 Å². The van der Waals surface area contributed by atoms with Crippen LogP contribution in [-0.2, 0) is 6.54 Å². The number of unbranched alkanes of at least 4 members (excludes halogenated alkanes) is 1. The van der Waals surface area contributed by atoms with Crippen LogP contribution in [0.1, 0.15) is 33.1 Å². The molecule has 0 atom stereocenters. The van der Waals surface area contributed by atoms with E-state index in [-0.39, 0.29) is 5.56 Å². The van der Waals surface area contributed by atoms with Crippen LogP contribution in [0.5, 0.6) is 17.2 Å². The molecule has 1 N–H and O–H groups in total. The summed E-state index contributed by atoms with van der Waals surface area (Å²) in [5.74, 6) is 1.22. The number of nitrogens with one attached hydrogen (secondary N) is 1. The van der Waals surface area contributed by atoms with E-state index in [9.17, 15) is 9.59 Å². The monoisotopic (exact) mass is 362 g/mol. The van der Waals surface area contributed by atoms with E-state index in [1.54, 1.807) is 22.9 Å². The number of aryl methyl sites for hydroxylation is 1. The molecule has 0 fully saturated rings. The van der Waals surface area contributed by atoms with Gasteiger partial charge in [0.1, 0.15) is 0 Å². The van der Waals surface area contributed by atoms with E-state index in [0.29, 0.717) is 41.1 Å². The van der Waals surface area contributed by atoms with Gasteiger partial charge in [0, 0.05) is 18.5 Å². The Bertz CT molecular complexity index is 829. The molecule has 2 rings (SSSR count). The zero-order chi connectivity index (χ0) is 19.1. The first-order valence-electron chi connectivity index (χ1n) is 8.80. The molecule has 0 aliphatic rings. The summed E-state index contributed by atoms with van der Waals surface area (Å²) in [5, 5.41) is 3.63. The van der Waals surface area contributed by atoms with Crippen molar-refractivity contribution >= 4 is 16.9 Å². The third-order valence-electron chi connectivity index (χ3n) is 4.02. The number of carbonyl (C=O) groups excluding carboxylic acids is 1. The van der Waals surface area contributed by atoms with Gasteiger partial charge in [-0.05, 0) is 25.0 Å². The van der Waals surface area contributed by atoms with Crippen molar-refractivity contribution in [3.63, 3.8) is 0 Å². The van der Waals surface area contributed by atoms with Gasteiger partial charge in [-0.15, -0.1) is 0 Å². The van der Waals surface area contributed by atoms with Gasteiger partial charge in [-0.25, -0.2) is 4.79 Å². The Morgan fingerprint density at radius 1 is 1.04 bits per heavy atom. The number of nitrogens with zero attached hydrogens (tertiary/aromatic N) is 1. The number of amides is 1. The van der Waals surface area contributed by atoms with E-state index in [1.165, 1.54) is 14.2 Å². The van der Waals surface area contributed by atoms with Crippen molar-refractivity contribution in [1.29, 1.82) is 0 Å². The van der Waals surface area contributed by atoms with Crippen molar-refractivity contribution in [1.82, 2.24) is 9.88 Å². The lowest BCUT2D eigenvalue weighted by molar-refractivity contribution is 0.200. The minimum absolute atomic E-state index is 0.165. The Labute approximate surface area is 152 Å². The Hall–Kier alpha value is -2.70. The van der Waals surface area contributed by atoms with Crippen LogP contribution >= 0.6 is 0 Å². The summed E-state index contributed by atoms with van der Waals surface area (Å²) in [6.45, 7) is 5.08. The smallest absolute Gasteiger partial charge is 0.412 e. The predicted molar refractivity (Wildman–Crippen MR) is 101 cm³/mol. The second-order valence-electron chi connectivity index (χ2n) is 5.91. The molecule has 0 radical (unpaired) electrons. The molecule has 0 bridgehead atoms. The highest BCUT2D eigenvalue weighted by Crippen LogP contribution is 2.34. The normalized spacial score (nSPS) is 10.6. The van der Waals surface area contributed by atoms with Crippen LogP contribution in [0.15, 0.2) is 23.1 Å². The molecule has 2 aromatic rings. The highest BCUT2D eigenvalue weighted by molar-refractivity contribution is 5.92. The maximum Gasteiger partial charge on any atom is 0.412 e. The van der Waals surface area contributed by atoms with Gasteiger partial charge < -0.3 is 24.1 Å². The van der Waals surface area contributed by atoms with Gasteiger partial charge in [0.2, 0.25) is 0 Å². The molecule has 0 saturated heterocycles. The molecule has 26 heavy (non-hydrogen) atoms. The zero-order valence-electron chi connectivity index (χ0n) is 15.8. The van der Waals surface area contributed by atoms with Gasteiger partial charge >= 0.3 is 6.09 Å². The van der Waals surface area contributed by atoms with Crippen molar-refractivity contribution in [2.45, 2.75) is 39.7 Å². The van der Waals surface area contributed by atoms with E-state index in [1.807, 2.05) is 13.8 Å². The first-order valence-corrected chi connectivity index (χ1v) is 8.80. The van der Waals surface area contributed by atoms with Crippen LogP contribution in [-0.4, -0.2) is 31.4 Å². The number of fused-ring (bicyclic) bond motifs is 1. The molecule has 1 aromatic carbocycles. The standard InChI is InChI=1S/C19H26N2O5/c1-5-7-8-20-19(23)26-17-12-21(9-6-2)18(22)14-11-16(25-4)15(24-3)10-13(14)17/h10-12H,5-9H2,1-4H3,(H,20,23). The number of hydrogen-bond donors (Lipinski definition) is 1. The fourth-order valence-corrected chi connectivity index (χ4v) is 2.68. The van der Waals surface area contributed by atoms with Crippen LogP contribution < -0.4 is 25.1 Å². The molecular weight excluding hydrogens is 336 g/mol. The van der Waals surface area contributed by atoms with Crippen LogP contribution in [0, 0.1) is 0 Å². The van der Waals surface area contributed by atoms with Gasteiger partial charge in [-0.2, -0.15) is 0 Å². The molecule has 0 saturated carbocycles. The molecule has 1 heterocycles. The van der Waals surface area contributed by atoms with Gasteiger partial charge in [-0.3, -0.25) is 4.79 Å². The molecule has 142 valence electrons. The molecule has 0 spiro atoms. The average molecular weight is 362 g/mol. The molecule has 0 aliphatic heterocycles. The summed E-state index contributed by atoms with van der Waals surface area (Å²) in [7, 11) is 3.02. The zero-order valence-corrected chi connectivity index (χ0v) is 15.8. The quantitative estimate of drug-likeness (QED) is 0.729. The van der Waals surface area contributed by atoms with Crippen LogP contribution in [0.2, 0.25) is 0 Å². The molecule has 0 unspecified atom stereocenters. The summed E-state index contributed by atoms with van der Waals surface area (Å²) < 4.78 is 17.6. The topological polar surface area (TPSA) is 78.8 Å². The highest BCUT2D eigenvalue weighted by Gasteiger charge is 2.16. The molecule has 1 aromatic heterocycles. The predicted octanol–water partition coefficient (Wildman–Crippen LogP) is 3.32.